The van der Waals surface area contributed by atoms with Crippen LogP contribution in [-0.4, -0.2) is 25.9 Å². The summed E-state index contributed by atoms with van der Waals surface area (Å²) in [6.45, 7) is 0.812. The van der Waals surface area contributed by atoms with Gasteiger partial charge in [-0.2, -0.15) is 0 Å². The Labute approximate surface area is 112 Å². The van der Waals surface area contributed by atoms with Crippen LogP contribution in [0, 0.1) is 17.0 Å². The van der Waals surface area contributed by atoms with Crippen LogP contribution in [0.2, 0.25) is 0 Å². The molecule has 0 aromatic heterocycles. The Kier molecular flexibility index (Phi) is 4.32. The lowest BCUT2D eigenvalue weighted by atomic mass is 10.2. The summed E-state index contributed by atoms with van der Waals surface area (Å²) < 4.78 is 27.7. The van der Waals surface area contributed by atoms with Gasteiger partial charge in [-0.15, -0.1) is 0 Å². The van der Waals surface area contributed by atoms with Crippen molar-refractivity contribution in [1.29, 1.82) is 0 Å². The van der Waals surface area contributed by atoms with E-state index in [2.05, 4.69) is 0 Å². The summed E-state index contributed by atoms with van der Waals surface area (Å²) in [7, 11) is 0.912. The second kappa shape index (κ2) is 5.41. The first kappa shape index (κ1) is 15.2. The lowest BCUT2D eigenvalue weighted by molar-refractivity contribution is -0.385. The van der Waals surface area contributed by atoms with Crippen molar-refractivity contribution in [2.75, 3.05) is 6.61 Å². The van der Waals surface area contributed by atoms with E-state index in [0.29, 0.717) is 0 Å². The lowest BCUT2D eigenvalue weighted by Crippen LogP contribution is -2.21. The molecule has 0 radical (unpaired) electrons. The fourth-order valence-electron chi connectivity index (χ4n) is 1.34. The highest BCUT2D eigenvalue weighted by atomic mass is 35.7. The molecule has 0 aliphatic rings. The number of non-ortho nitro benzene ring substituents is 1. The van der Waals surface area contributed by atoms with Gasteiger partial charge in [0, 0.05) is 22.8 Å². The van der Waals surface area contributed by atoms with Gasteiger partial charge >= 0.3 is 0 Å². The lowest BCUT2D eigenvalue weighted by Gasteiger charge is -2.11. The third-order valence-corrected chi connectivity index (χ3v) is 3.38. The number of primary amides is 1. The molecular formula is C9H9ClN2O6S. The van der Waals surface area contributed by atoms with E-state index in [1.54, 1.807) is 0 Å². The number of amides is 1. The van der Waals surface area contributed by atoms with E-state index in [1.165, 1.54) is 6.92 Å². The number of nitro benzene ring substituents is 1. The maximum absolute atomic E-state index is 11.4. The molecule has 10 heteroatoms. The number of halogens is 1. The Morgan fingerprint density at radius 3 is 2.53 bits per heavy atom. The van der Waals surface area contributed by atoms with E-state index in [-0.39, 0.29) is 11.3 Å². The number of rotatable bonds is 5. The highest BCUT2D eigenvalue weighted by Crippen LogP contribution is 2.34. The van der Waals surface area contributed by atoms with Gasteiger partial charge in [0.15, 0.2) is 6.61 Å². The maximum Gasteiger partial charge on any atom is 0.271 e. The first-order chi connectivity index (χ1) is 8.62. The molecule has 0 heterocycles. The van der Waals surface area contributed by atoms with Crippen molar-refractivity contribution in [3.05, 3.63) is 27.8 Å². The topological polar surface area (TPSA) is 130 Å². The number of nitrogens with zero attached hydrogens (tertiary/aromatic N) is 1. The first-order valence-electron chi connectivity index (χ1n) is 4.77. The zero-order chi connectivity index (χ0) is 14.8. The van der Waals surface area contributed by atoms with Crippen LogP contribution in [-0.2, 0) is 13.8 Å². The zero-order valence-electron chi connectivity index (χ0n) is 9.62. The van der Waals surface area contributed by atoms with Crippen LogP contribution in [0.5, 0.6) is 5.75 Å². The third kappa shape index (κ3) is 3.80. The highest BCUT2D eigenvalue weighted by Gasteiger charge is 2.24. The minimum Gasteiger partial charge on any atom is -0.482 e. The van der Waals surface area contributed by atoms with Crippen molar-refractivity contribution >= 4 is 31.3 Å². The van der Waals surface area contributed by atoms with Gasteiger partial charge in [-0.05, 0) is 12.5 Å². The molecular weight excluding hydrogens is 300 g/mol. The third-order valence-electron chi connectivity index (χ3n) is 2.06. The van der Waals surface area contributed by atoms with Crippen molar-refractivity contribution in [2.24, 2.45) is 5.73 Å². The van der Waals surface area contributed by atoms with Crippen molar-refractivity contribution < 1.29 is 22.9 Å². The number of carbonyl (C=O) groups excluding carboxylic acids is 1. The number of nitrogens with two attached hydrogens (primary N) is 1. The molecule has 8 nitrogen and oxygen atoms in total. The predicted molar refractivity (Wildman–Crippen MR) is 65.6 cm³/mol. The summed E-state index contributed by atoms with van der Waals surface area (Å²) in [5, 5.41) is 10.7. The Morgan fingerprint density at radius 1 is 1.53 bits per heavy atom. The smallest absolute Gasteiger partial charge is 0.271 e. The molecule has 0 saturated heterocycles. The molecule has 1 amide bonds. The van der Waals surface area contributed by atoms with Crippen LogP contribution in [0.4, 0.5) is 5.69 Å². The van der Waals surface area contributed by atoms with Gasteiger partial charge < -0.3 is 10.5 Å². The fourth-order valence-corrected chi connectivity index (χ4v) is 2.38. The molecule has 0 atom stereocenters. The number of aryl methyl sites for hydroxylation is 1. The van der Waals surface area contributed by atoms with E-state index < -0.39 is 37.1 Å². The Hall–Kier alpha value is -1.87. The molecule has 0 unspecified atom stereocenters. The molecule has 0 aliphatic heterocycles. The summed E-state index contributed by atoms with van der Waals surface area (Å²) in [4.78, 5) is 19.9. The van der Waals surface area contributed by atoms with Crippen LogP contribution < -0.4 is 10.5 Å². The van der Waals surface area contributed by atoms with Gasteiger partial charge in [0.2, 0.25) is 0 Å². The Bertz CT molecular complexity index is 642. The van der Waals surface area contributed by atoms with Crippen molar-refractivity contribution in [3.63, 3.8) is 0 Å². The molecule has 1 rings (SSSR count). The average molecular weight is 309 g/mol. The number of hydrogen-bond donors (Lipinski definition) is 1. The molecule has 1 aromatic rings. The van der Waals surface area contributed by atoms with Crippen LogP contribution in [0.15, 0.2) is 17.0 Å². The predicted octanol–water partition coefficient (Wildman–Crippen LogP) is 0.695. The van der Waals surface area contributed by atoms with E-state index in [1.807, 2.05) is 0 Å². The molecule has 0 spiro atoms. The standard InChI is InChI=1S/C9H9ClN2O6S/c1-5-2-6(12(14)15)3-7(19(10,16)17)9(5)18-4-8(11)13/h2-3H,4H2,1H3,(H2,11,13). The van der Waals surface area contributed by atoms with E-state index in [4.69, 9.17) is 21.2 Å². The number of nitro groups is 1. The second-order valence-corrected chi connectivity index (χ2v) is 6.07. The van der Waals surface area contributed by atoms with Gasteiger partial charge in [-0.3, -0.25) is 14.9 Å². The molecule has 1 aromatic carbocycles. The van der Waals surface area contributed by atoms with Crippen LogP contribution >= 0.6 is 10.7 Å². The van der Waals surface area contributed by atoms with Crippen LogP contribution in [0.1, 0.15) is 5.56 Å². The van der Waals surface area contributed by atoms with E-state index in [0.717, 1.165) is 12.1 Å². The molecule has 0 fully saturated rings. The summed E-state index contributed by atoms with van der Waals surface area (Å²) >= 11 is 0. The number of benzene rings is 1. The number of carbonyl (C=O) groups is 1. The fraction of sp³-hybridized carbons (Fsp3) is 0.222. The van der Waals surface area contributed by atoms with Crippen molar-refractivity contribution in [3.8, 4) is 5.75 Å². The van der Waals surface area contributed by atoms with Crippen LogP contribution in [0.3, 0.4) is 0 Å². The summed E-state index contributed by atoms with van der Waals surface area (Å²) in [6.07, 6.45) is 0. The quantitative estimate of drug-likeness (QED) is 0.484. The monoisotopic (exact) mass is 308 g/mol. The summed E-state index contributed by atoms with van der Waals surface area (Å²) in [5.74, 6) is -1.06. The largest absolute Gasteiger partial charge is 0.482 e. The van der Waals surface area contributed by atoms with Gasteiger partial charge in [-0.25, -0.2) is 8.42 Å². The van der Waals surface area contributed by atoms with E-state index in [9.17, 15) is 23.3 Å². The molecule has 0 bridgehead atoms. The minimum absolute atomic E-state index is 0.148. The molecule has 2 N–H and O–H groups in total. The van der Waals surface area contributed by atoms with Gasteiger partial charge in [0.1, 0.15) is 10.6 Å². The normalized spacial score (nSPS) is 11.1. The van der Waals surface area contributed by atoms with Crippen molar-refractivity contribution in [1.82, 2.24) is 0 Å². The van der Waals surface area contributed by atoms with Gasteiger partial charge in [0.25, 0.3) is 20.6 Å². The highest BCUT2D eigenvalue weighted by molar-refractivity contribution is 8.13. The Morgan fingerprint density at radius 2 is 2.11 bits per heavy atom. The SMILES string of the molecule is Cc1cc([N+](=O)[O-])cc(S(=O)(=O)Cl)c1OCC(N)=O. The second-order valence-electron chi connectivity index (χ2n) is 3.54. The Balaban J connectivity index is 3.44. The van der Waals surface area contributed by atoms with Gasteiger partial charge in [-0.1, -0.05) is 0 Å². The first-order valence-corrected chi connectivity index (χ1v) is 7.08. The summed E-state index contributed by atoms with van der Waals surface area (Å²) in [6, 6.07) is 1.85. The molecule has 104 valence electrons. The summed E-state index contributed by atoms with van der Waals surface area (Å²) in [5.41, 5.74) is 4.57. The minimum atomic E-state index is -4.27. The number of ether oxygens (including phenoxy) is 1. The average Bonchev–Trinajstić information content (AvgIpc) is 2.24. The zero-order valence-corrected chi connectivity index (χ0v) is 11.2. The number of hydrogen-bond acceptors (Lipinski definition) is 6. The molecule has 0 saturated carbocycles. The molecule has 19 heavy (non-hydrogen) atoms. The maximum atomic E-state index is 11.4. The van der Waals surface area contributed by atoms with Crippen molar-refractivity contribution in [2.45, 2.75) is 11.8 Å². The molecule has 0 aliphatic carbocycles. The van der Waals surface area contributed by atoms with E-state index >= 15 is 0 Å². The van der Waals surface area contributed by atoms with Crippen LogP contribution in [0.25, 0.3) is 0 Å². The van der Waals surface area contributed by atoms with Gasteiger partial charge in [0.05, 0.1) is 4.92 Å².